The van der Waals surface area contributed by atoms with E-state index >= 15 is 0 Å². The van der Waals surface area contributed by atoms with Crippen molar-refractivity contribution in [3.63, 3.8) is 0 Å². The minimum Gasteiger partial charge on any atom is -0.495 e. The van der Waals surface area contributed by atoms with Crippen LogP contribution in [0, 0.1) is 5.92 Å². The van der Waals surface area contributed by atoms with E-state index in [1.165, 1.54) is 39.3 Å². The number of nitrogens with one attached hydrogen (secondary N) is 2. The molecule has 0 saturated carbocycles. The lowest BCUT2D eigenvalue weighted by molar-refractivity contribution is -0.143. The van der Waals surface area contributed by atoms with Crippen LogP contribution < -0.4 is 14.8 Å². The predicted octanol–water partition coefficient (Wildman–Crippen LogP) is 1.52. The molecule has 0 radical (unpaired) electrons. The maximum Gasteiger partial charge on any atom is 0.323 e. The van der Waals surface area contributed by atoms with Crippen molar-refractivity contribution in [2.45, 2.75) is 38.1 Å². The number of hydrogen-bond donors (Lipinski definition) is 2. The van der Waals surface area contributed by atoms with Crippen LogP contribution in [0.5, 0.6) is 5.75 Å². The highest BCUT2D eigenvalue weighted by atomic mass is 32.2. The zero-order valence-corrected chi connectivity index (χ0v) is 15.8. The van der Waals surface area contributed by atoms with Gasteiger partial charge >= 0.3 is 5.97 Å². The number of carbonyl (C=O) groups is 2. The molecule has 140 valence electrons. The van der Waals surface area contributed by atoms with Crippen molar-refractivity contribution in [2.24, 2.45) is 5.92 Å². The van der Waals surface area contributed by atoms with Crippen LogP contribution in [0.4, 0.5) is 5.69 Å². The Morgan fingerprint density at radius 2 is 1.84 bits per heavy atom. The molecule has 0 fully saturated rings. The van der Waals surface area contributed by atoms with Gasteiger partial charge in [-0.1, -0.05) is 13.8 Å². The van der Waals surface area contributed by atoms with E-state index in [1.54, 1.807) is 0 Å². The van der Waals surface area contributed by atoms with E-state index in [9.17, 15) is 18.0 Å². The van der Waals surface area contributed by atoms with Gasteiger partial charge in [0.2, 0.25) is 15.9 Å². The Kier molecular flexibility index (Phi) is 7.38. The SMILES string of the molecule is COC(=O)[C@H](CC(C)C)NS(=O)(=O)c1ccc(NC(C)=O)c(OC)c1. The highest BCUT2D eigenvalue weighted by molar-refractivity contribution is 7.89. The van der Waals surface area contributed by atoms with Gasteiger partial charge in [-0.3, -0.25) is 9.59 Å². The second kappa shape index (κ2) is 8.82. The maximum absolute atomic E-state index is 12.6. The van der Waals surface area contributed by atoms with Crippen molar-refractivity contribution >= 4 is 27.6 Å². The average molecular weight is 372 g/mol. The standard InChI is InChI=1S/C16H24N2O6S/c1-10(2)8-14(16(20)24-5)18-25(21,22)12-6-7-13(17-11(3)19)15(9-12)23-4/h6-7,9-10,14,18H,8H2,1-5H3,(H,17,19)/t14-/m0/s1. The minimum absolute atomic E-state index is 0.0866. The maximum atomic E-state index is 12.6. The van der Waals surface area contributed by atoms with Crippen LogP contribution in [0.15, 0.2) is 23.1 Å². The number of esters is 1. The lowest BCUT2D eigenvalue weighted by atomic mass is 10.1. The summed E-state index contributed by atoms with van der Waals surface area (Å²) in [6.45, 7) is 5.07. The largest absolute Gasteiger partial charge is 0.495 e. The topological polar surface area (TPSA) is 111 Å². The summed E-state index contributed by atoms with van der Waals surface area (Å²) in [5.74, 6) is -0.686. The molecule has 9 heteroatoms. The molecule has 0 spiro atoms. The third kappa shape index (κ3) is 6.02. The van der Waals surface area contributed by atoms with E-state index in [0.29, 0.717) is 12.1 Å². The molecule has 1 rings (SSSR count). The van der Waals surface area contributed by atoms with Crippen LogP contribution in [0.2, 0.25) is 0 Å². The lowest BCUT2D eigenvalue weighted by Gasteiger charge is -2.19. The monoisotopic (exact) mass is 372 g/mol. The van der Waals surface area contributed by atoms with Crippen molar-refractivity contribution in [1.29, 1.82) is 0 Å². The van der Waals surface area contributed by atoms with Gasteiger partial charge < -0.3 is 14.8 Å². The number of carbonyl (C=O) groups excluding carboxylic acids is 2. The van der Waals surface area contributed by atoms with E-state index in [-0.39, 0.29) is 22.5 Å². The zero-order chi connectivity index (χ0) is 19.2. The third-order valence-electron chi connectivity index (χ3n) is 3.28. The van der Waals surface area contributed by atoms with E-state index in [4.69, 9.17) is 4.74 Å². The first-order valence-corrected chi connectivity index (χ1v) is 9.14. The molecule has 0 saturated heterocycles. The number of amides is 1. The van der Waals surface area contributed by atoms with Gasteiger partial charge in [0, 0.05) is 13.0 Å². The fourth-order valence-electron chi connectivity index (χ4n) is 2.19. The Balaban J connectivity index is 3.15. The van der Waals surface area contributed by atoms with Gasteiger partial charge in [-0.25, -0.2) is 8.42 Å². The molecule has 1 amide bonds. The van der Waals surface area contributed by atoms with E-state index in [0.717, 1.165) is 0 Å². The van der Waals surface area contributed by atoms with Crippen molar-refractivity contribution in [2.75, 3.05) is 19.5 Å². The summed E-state index contributed by atoms with van der Waals surface area (Å²) in [6, 6.07) is 3.03. The van der Waals surface area contributed by atoms with E-state index in [2.05, 4.69) is 14.8 Å². The molecular formula is C16H24N2O6S. The molecule has 1 atom stereocenters. The third-order valence-corrected chi connectivity index (χ3v) is 4.75. The van der Waals surface area contributed by atoms with Gasteiger partial charge in [0.1, 0.15) is 11.8 Å². The smallest absolute Gasteiger partial charge is 0.323 e. The Hall–Kier alpha value is -2.13. The molecule has 0 aliphatic carbocycles. The van der Waals surface area contributed by atoms with E-state index < -0.39 is 22.0 Å². The molecular weight excluding hydrogens is 348 g/mol. The van der Waals surface area contributed by atoms with Gasteiger partial charge in [0.25, 0.3) is 0 Å². The van der Waals surface area contributed by atoms with E-state index in [1.807, 2.05) is 13.8 Å². The normalized spacial score (nSPS) is 12.6. The summed E-state index contributed by atoms with van der Waals surface area (Å²) in [5.41, 5.74) is 0.348. The van der Waals surface area contributed by atoms with Crippen molar-refractivity contribution in [1.82, 2.24) is 4.72 Å². The Bertz CT molecular complexity index is 730. The number of rotatable bonds is 8. The fraction of sp³-hybridized carbons (Fsp3) is 0.500. The highest BCUT2D eigenvalue weighted by Gasteiger charge is 2.27. The zero-order valence-electron chi connectivity index (χ0n) is 15.0. The van der Waals surface area contributed by atoms with Crippen molar-refractivity contribution < 1.29 is 27.5 Å². The molecule has 2 N–H and O–H groups in total. The molecule has 0 unspecified atom stereocenters. The second-order valence-corrected chi connectivity index (χ2v) is 7.58. The quantitative estimate of drug-likeness (QED) is 0.669. The van der Waals surface area contributed by atoms with Crippen molar-refractivity contribution in [3.8, 4) is 5.75 Å². The first kappa shape index (κ1) is 20.9. The van der Waals surface area contributed by atoms with Gasteiger partial charge in [0.05, 0.1) is 24.8 Å². The lowest BCUT2D eigenvalue weighted by Crippen LogP contribution is -2.42. The molecule has 0 aliphatic heterocycles. The molecule has 0 heterocycles. The first-order chi connectivity index (χ1) is 11.6. The Labute approximate surface area is 147 Å². The number of ether oxygens (including phenoxy) is 2. The summed E-state index contributed by atoms with van der Waals surface area (Å²) in [7, 11) is -1.42. The minimum atomic E-state index is -3.98. The number of sulfonamides is 1. The average Bonchev–Trinajstić information content (AvgIpc) is 2.52. The number of anilines is 1. The van der Waals surface area contributed by atoms with Gasteiger partial charge in [-0.05, 0) is 24.5 Å². The highest BCUT2D eigenvalue weighted by Crippen LogP contribution is 2.27. The van der Waals surface area contributed by atoms with Gasteiger partial charge in [-0.15, -0.1) is 0 Å². The molecule has 1 aromatic carbocycles. The molecule has 8 nitrogen and oxygen atoms in total. The molecule has 25 heavy (non-hydrogen) atoms. The molecule has 1 aromatic rings. The number of hydrogen-bond acceptors (Lipinski definition) is 6. The van der Waals surface area contributed by atoms with Gasteiger partial charge in [0.15, 0.2) is 0 Å². The van der Waals surface area contributed by atoms with Crippen LogP contribution in [0.3, 0.4) is 0 Å². The first-order valence-electron chi connectivity index (χ1n) is 7.66. The van der Waals surface area contributed by atoms with Crippen molar-refractivity contribution in [3.05, 3.63) is 18.2 Å². The molecule has 0 bridgehead atoms. The molecule has 0 aromatic heterocycles. The fourth-order valence-corrected chi connectivity index (χ4v) is 3.41. The summed E-state index contributed by atoms with van der Waals surface area (Å²) in [4.78, 5) is 22.9. The van der Waals surface area contributed by atoms with Crippen LogP contribution in [-0.2, 0) is 24.3 Å². The van der Waals surface area contributed by atoms with Crippen LogP contribution in [0.1, 0.15) is 27.2 Å². The second-order valence-electron chi connectivity index (χ2n) is 5.87. The summed E-state index contributed by atoms with van der Waals surface area (Å²) >= 11 is 0. The predicted molar refractivity (Wildman–Crippen MR) is 92.9 cm³/mol. The summed E-state index contributed by atoms with van der Waals surface area (Å²) < 4.78 is 37.3. The molecule has 0 aliphatic rings. The Morgan fingerprint density at radius 3 is 2.32 bits per heavy atom. The number of benzene rings is 1. The summed E-state index contributed by atoms with van der Waals surface area (Å²) in [5, 5.41) is 2.54. The van der Waals surface area contributed by atoms with Crippen LogP contribution in [-0.4, -0.2) is 40.6 Å². The Morgan fingerprint density at radius 1 is 1.20 bits per heavy atom. The van der Waals surface area contributed by atoms with Gasteiger partial charge in [-0.2, -0.15) is 4.72 Å². The summed E-state index contributed by atoms with van der Waals surface area (Å²) in [6.07, 6.45) is 0.299. The van der Waals surface area contributed by atoms with Crippen LogP contribution in [0.25, 0.3) is 0 Å². The van der Waals surface area contributed by atoms with Crippen LogP contribution >= 0.6 is 0 Å². The number of methoxy groups -OCH3 is 2.